The lowest BCUT2D eigenvalue weighted by Crippen LogP contribution is -2.44. The van der Waals surface area contributed by atoms with E-state index in [-0.39, 0.29) is 10.6 Å². The molecule has 112 valence electrons. The summed E-state index contributed by atoms with van der Waals surface area (Å²) in [6.45, 7) is 0.863. The number of halogens is 1. The molecule has 0 bridgehead atoms. The molecule has 0 amide bonds. The fraction of sp³-hybridized carbons (Fsp3) is 0.538. The van der Waals surface area contributed by atoms with Crippen LogP contribution < -0.4 is 5.73 Å². The van der Waals surface area contributed by atoms with Gasteiger partial charge in [0, 0.05) is 19.1 Å². The molecule has 2 N–H and O–H groups in total. The molecule has 0 atom stereocenters. The predicted octanol–water partition coefficient (Wildman–Crippen LogP) is 1.12. The highest BCUT2D eigenvalue weighted by Gasteiger charge is 2.31. The maximum absolute atomic E-state index is 13.4. The first kappa shape index (κ1) is 15.2. The molecule has 1 heterocycles. The van der Waals surface area contributed by atoms with E-state index in [2.05, 4.69) is 4.90 Å². The van der Waals surface area contributed by atoms with E-state index in [4.69, 9.17) is 5.73 Å². The average Bonchev–Trinajstić information content (AvgIpc) is 2.41. The Kier molecular flexibility index (Phi) is 4.31. The fourth-order valence-electron chi connectivity index (χ4n) is 2.48. The Labute approximate surface area is 119 Å². The Morgan fingerprint density at radius 2 is 1.90 bits per heavy atom. The second-order valence-electron chi connectivity index (χ2n) is 5.25. The number of para-hydroxylation sites is 1. The summed E-state index contributed by atoms with van der Waals surface area (Å²) in [5.74, 6) is -0.700. The van der Waals surface area contributed by atoms with Gasteiger partial charge in [-0.3, -0.25) is 0 Å². The molecule has 0 spiro atoms. The SMILES string of the molecule is CN(C)C1CCN(S(=O)(=O)c2cccc(F)c2N)CC1. The van der Waals surface area contributed by atoms with Crippen LogP contribution in [0.15, 0.2) is 23.1 Å². The molecule has 1 aliphatic rings. The van der Waals surface area contributed by atoms with Crippen molar-refractivity contribution in [1.29, 1.82) is 0 Å². The number of nitrogens with two attached hydrogens (primary N) is 1. The molecular weight excluding hydrogens is 281 g/mol. The maximum atomic E-state index is 13.4. The van der Waals surface area contributed by atoms with Crippen molar-refractivity contribution < 1.29 is 12.8 Å². The molecule has 7 heteroatoms. The highest BCUT2D eigenvalue weighted by atomic mass is 32.2. The van der Waals surface area contributed by atoms with Crippen LogP contribution in [0.3, 0.4) is 0 Å². The molecule has 2 rings (SSSR count). The van der Waals surface area contributed by atoms with Gasteiger partial charge in [-0.25, -0.2) is 12.8 Å². The average molecular weight is 301 g/mol. The first-order chi connectivity index (χ1) is 9.34. The normalized spacial score (nSPS) is 18.6. The quantitative estimate of drug-likeness (QED) is 0.850. The minimum atomic E-state index is -3.71. The van der Waals surface area contributed by atoms with Gasteiger partial charge in [-0.05, 0) is 39.1 Å². The van der Waals surface area contributed by atoms with E-state index in [1.807, 2.05) is 14.1 Å². The van der Waals surface area contributed by atoms with E-state index in [1.54, 1.807) is 0 Å². The monoisotopic (exact) mass is 301 g/mol. The zero-order valence-corrected chi connectivity index (χ0v) is 12.5. The number of sulfonamides is 1. The lowest BCUT2D eigenvalue weighted by molar-refractivity contribution is 0.196. The number of benzene rings is 1. The van der Waals surface area contributed by atoms with Crippen molar-refractivity contribution in [2.24, 2.45) is 0 Å². The van der Waals surface area contributed by atoms with Crippen molar-refractivity contribution in [3.05, 3.63) is 24.0 Å². The van der Waals surface area contributed by atoms with Gasteiger partial charge in [-0.15, -0.1) is 0 Å². The van der Waals surface area contributed by atoms with Gasteiger partial charge < -0.3 is 10.6 Å². The van der Waals surface area contributed by atoms with Crippen molar-refractivity contribution in [2.75, 3.05) is 32.9 Å². The summed E-state index contributed by atoms with van der Waals surface area (Å²) in [6, 6.07) is 4.26. The van der Waals surface area contributed by atoms with E-state index in [0.29, 0.717) is 19.1 Å². The molecule has 0 unspecified atom stereocenters. The van der Waals surface area contributed by atoms with Gasteiger partial charge in [-0.1, -0.05) is 6.07 Å². The van der Waals surface area contributed by atoms with Gasteiger partial charge in [0.2, 0.25) is 10.0 Å². The zero-order valence-electron chi connectivity index (χ0n) is 11.7. The lowest BCUT2D eigenvalue weighted by Gasteiger charge is -2.34. The number of hydrogen-bond donors (Lipinski definition) is 1. The Bertz CT molecular complexity index is 581. The molecule has 0 aromatic heterocycles. The Hall–Kier alpha value is -1.18. The summed E-state index contributed by atoms with van der Waals surface area (Å²) >= 11 is 0. The fourth-order valence-corrected chi connectivity index (χ4v) is 4.08. The molecule has 5 nitrogen and oxygen atoms in total. The van der Waals surface area contributed by atoms with Gasteiger partial charge in [0.05, 0.1) is 5.69 Å². The van der Waals surface area contributed by atoms with E-state index >= 15 is 0 Å². The van der Waals surface area contributed by atoms with Crippen LogP contribution >= 0.6 is 0 Å². The molecule has 0 saturated carbocycles. The van der Waals surface area contributed by atoms with Gasteiger partial charge in [0.15, 0.2) is 0 Å². The predicted molar refractivity (Wildman–Crippen MR) is 76.3 cm³/mol. The molecule has 0 aliphatic carbocycles. The standard InChI is InChI=1S/C13H20FN3O2S/c1-16(2)10-6-8-17(9-7-10)20(18,19)12-5-3-4-11(14)13(12)15/h3-5,10H,6-9,15H2,1-2H3. The minimum Gasteiger partial charge on any atom is -0.395 e. The van der Waals surface area contributed by atoms with Gasteiger partial charge >= 0.3 is 0 Å². The van der Waals surface area contributed by atoms with Crippen LogP contribution in [0.1, 0.15) is 12.8 Å². The molecular formula is C13H20FN3O2S. The van der Waals surface area contributed by atoms with Crippen LogP contribution in [0.25, 0.3) is 0 Å². The Morgan fingerprint density at radius 3 is 2.45 bits per heavy atom. The van der Waals surface area contributed by atoms with Crippen molar-refractivity contribution in [1.82, 2.24) is 9.21 Å². The molecule has 20 heavy (non-hydrogen) atoms. The lowest BCUT2D eigenvalue weighted by atomic mass is 10.1. The van der Waals surface area contributed by atoms with E-state index in [1.165, 1.54) is 16.4 Å². The van der Waals surface area contributed by atoms with Crippen LogP contribution in [0.4, 0.5) is 10.1 Å². The van der Waals surface area contributed by atoms with Crippen LogP contribution in [-0.2, 0) is 10.0 Å². The molecule has 1 fully saturated rings. The van der Waals surface area contributed by atoms with Crippen LogP contribution in [-0.4, -0.2) is 50.8 Å². The molecule has 0 radical (unpaired) electrons. The number of anilines is 1. The second-order valence-corrected chi connectivity index (χ2v) is 7.16. The van der Waals surface area contributed by atoms with Crippen molar-refractivity contribution >= 4 is 15.7 Å². The molecule has 1 aromatic rings. The minimum absolute atomic E-state index is 0.138. The summed E-state index contributed by atoms with van der Waals surface area (Å²) < 4.78 is 39.8. The van der Waals surface area contributed by atoms with Crippen LogP contribution in [0, 0.1) is 5.82 Å². The van der Waals surface area contributed by atoms with Crippen molar-refractivity contribution in [3.63, 3.8) is 0 Å². The smallest absolute Gasteiger partial charge is 0.245 e. The highest BCUT2D eigenvalue weighted by molar-refractivity contribution is 7.89. The van der Waals surface area contributed by atoms with E-state index < -0.39 is 15.8 Å². The van der Waals surface area contributed by atoms with E-state index in [9.17, 15) is 12.8 Å². The largest absolute Gasteiger partial charge is 0.395 e. The Balaban J connectivity index is 2.22. The summed E-state index contributed by atoms with van der Waals surface area (Å²) in [7, 11) is 0.256. The number of hydrogen-bond acceptors (Lipinski definition) is 4. The number of rotatable bonds is 3. The van der Waals surface area contributed by atoms with E-state index in [0.717, 1.165) is 18.9 Å². The molecule has 1 aromatic carbocycles. The number of nitrogen functional groups attached to an aromatic ring is 1. The first-order valence-corrected chi connectivity index (χ1v) is 7.98. The Morgan fingerprint density at radius 1 is 1.30 bits per heavy atom. The van der Waals surface area contributed by atoms with Crippen LogP contribution in [0.5, 0.6) is 0 Å². The zero-order chi connectivity index (χ0) is 14.9. The van der Waals surface area contributed by atoms with Gasteiger partial charge in [0.25, 0.3) is 0 Å². The molecule has 1 aliphatic heterocycles. The molecule has 1 saturated heterocycles. The van der Waals surface area contributed by atoms with Gasteiger partial charge in [-0.2, -0.15) is 4.31 Å². The number of nitrogens with zero attached hydrogens (tertiary/aromatic N) is 2. The summed E-state index contributed by atoms with van der Waals surface area (Å²) in [6.07, 6.45) is 1.53. The van der Waals surface area contributed by atoms with Crippen molar-refractivity contribution in [2.45, 2.75) is 23.8 Å². The topological polar surface area (TPSA) is 66.6 Å². The third-order valence-electron chi connectivity index (χ3n) is 3.78. The number of piperidine rings is 1. The van der Waals surface area contributed by atoms with Crippen molar-refractivity contribution in [3.8, 4) is 0 Å². The maximum Gasteiger partial charge on any atom is 0.245 e. The van der Waals surface area contributed by atoms with Crippen LogP contribution in [0.2, 0.25) is 0 Å². The van der Waals surface area contributed by atoms with Gasteiger partial charge in [0.1, 0.15) is 10.7 Å². The summed E-state index contributed by atoms with van der Waals surface area (Å²) in [5, 5.41) is 0. The summed E-state index contributed by atoms with van der Waals surface area (Å²) in [5.41, 5.74) is 5.26. The second kappa shape index (κ2) is 5.67. The third kappa shape index (κ3) is 2.79. The highest BCUT2D eigenvalue weighted by Crippen LogP contribution is 2.27. The third-order valence-corrected chi connectivity index (χ3v) is 5.74. The first-order valence-electron chi connectivity index (χ1n) is 6.54. The summed E-state index contributed by atoms with van der Waals surface area (Å²) in [4.78, 5) is 1.96.